The quantitative estimate of drug-likeness (QED) is 0.403. The first-order chi connectivity index (χ1) is 2.83. The molecule has 5 nitrogen and oxygen atoms in total. The van der Waals surface area contributed by atoms with Crippen LogP contribution < -0.4 is 12.3 Å². The summed E-state index contributed by atoms with van der Waals surface area (Å²) in [6.07, 6.45) is 0. The van der Waals surface area contributed by atoms with E-state index in [1.807, 2.05) is 0 Å². The van der Waals surface area contributed by atoms with Gasteiger partial charge < -0.3 is 17.4 Å². The number of hydrogen-bond donors (Lipinski definition) is 3. The monoisotopic (exact) mass is 121 g/mol. The molecule has 0 unspecified atom stereocenters. The second-order valence-electron chi connectivity index (χ2n) is 0.329. The van der Waals surface area contributed by atoms with E-state index in [4.69, 9.17) is 15.2 Å². The van der Waals surface area contributed by atoms with Crippen molar-refractivity contribution in [1.29, 1.82) is 5.26 Å². The van der Waals surface area contributed by atoms with Crippen molar-refractivity contribution in [3.63, 3.8) is 0 Å². The smallest absolute Gasteiger partial charge is 0.290 e. The fourth-order valence-corrected chi connectivity index (χ4v) is 0. The van der Waals surface area contributed by atoms with Crippen LogP contribution in [0.15, 0.2) is 0 Å². The summed E-state index contributed by atoms with van der Waals surface area (Å²) in [7, 11) is 0. The summed E-state index contributed by atoms with van der Waals surface area (Å²) >= 11 is 0. The van der Waals surface area contributed by atoms with Crippen molar-refractivity contribution < 1.29 is 9.90 Å². The Morgan fingerprint density at radius 2 is 1.62 bits per heavy atom. The highest BCUT2D eigenvalue weighted by Gasteiger charge is 1.22. The van der Waals surface area contributed by atoms with E-state index in [2.05, 4.69) is 0 Å². The Balaban J connectivity index is -0.0000000160. The lowest BCUT2D eigenvalue weighted by Crippen LogP contribution is -1.49. The zero-order valence-electron chi connectivity index (χ0n) is 4.79. The van der Waals surface area contributed by atoms with Crippen LogP contribution in [-0.2, 0) is 4.79 Å². The van der Waals surface area contributed by atoms with Gasteiger partial charge in [-0.15, -0.1) is 0 Å². The lowest BCUT2D eigenvalue weighted by Gasteiger charge is -1.34. The van der Waals surface area contributed by atoms with Gasteiger partial charge in [-0.3, -0.25) is 4.79 Å². The van der Waals surface area contributed by atoms with Gasteiger partial charge in [-0.1, -0.05) is 0 Å². The predicted octanol–water partition coefficient (Wildman–Crippen LogP) is 0.555. The Kier molecular flexibility index (Phi) is 648. The Labute approximate surface area is 48.1 Å². The van der Waals surface area contributed by atoms with Gasteiger partial charge in [0.1, 0.15) is 0 Å². The average molecular weight is 121 g/mol. The van der Waals surface area contributed by atoms with Crippen molar-refractivity contribution >= 4 is 6.47 Å². The molecule has 0 aromatic rings. The molecule has 7 N–H and O–H groups in total. The summed E-state index contributed by atoms with van der Waals surface area (Å²) in [5.41, 5.74) is 0. The van der Waals surface area contributed by atoms with E-state index in [-0.39, 0.29) is 18.8 Å². The van der Waals surface area contributed by atoms with E-state index in [1.54, 1.807) is 6.07 Å². The molecule has 0 rings (SSSR count). The van der Waals surface area contributed by atoms with Crippen molar-refractivity contribution in [3.8, 4) is 6.07 Å². The van der Waals surface area contributed by atoms with Gasteiger partial charge in [0.15, 0.2) is 0 Å². The first-order valence-electron chi connectivity index (χ1n) is 1.22. The molecule has 8 heavy (non-hydrogen) atoms. The normalized spacial score (nSPS) is 2.50. The first-order valence-corrected chi connectivity index (χ1v) is 1.22. The first kappa shape index (κ1) is 28.7. The van der Waals surface area contributed by atoms with Crippen LogP contribution in [0.4, 0.5) is 0 Å². The third-order valence-corrected chi connectivity index (χ3v) is 0. The molecule has 0 radical (unpaired) electrons. The van der Waals surface area contributed by atoms with Crippen molar-refractivity contribution in [2.75, 3.05) is 0 Å². The second-order valence-corrected chi connectivity index (χ2v) is 0.329. The number of carbonyl (C=O) groups is 1. The SMILES string of the molecule is CC#N.N.N.O=CO. The third kappa shape index (κ3) is 58.6. The van der Waals surface area contributed by atoms with Crippen LogP contribution in [0, 0.1) is 11.3 Å². The molecule has 0 amide bonds. The standard InChI is InChI=1S/C2H3N.CH2O2.2H3N/c1-2-3;2-1-3;;/h1H3;1H,(H,2,3);2*1H3. The van der Waals surface area contributed by atoms with E-state index in [0.29, 0.717) is 0 Å². The summed E-state index contributed by atoms with van der Waals surface area (Å²) in [6.45, 7) is 1.18. The summed E-state index contributed by atoms with van der Waals surface area (Å²) in [4.78, 5) is 8.36. The van der Waals surface area contributed by atoms with Gasteiger partial charge in [0.05, 0.1) is 6.07 Å². The van der Waals surface area contributed by atoms with Crippen LogP contribution >= 0.6 is 0 Å². The lowest BCUT2D eigenvalue weighted by atomic mass is 11.0. The molecule has 0 heterocycles. The molecular weight excluding hydrogens is 110 g/mol. The molecule has 5 heteroatoms. The van der Waals surface area contributed by atoms with E-state index in [0.717, 1.165) is 0 Å². The minimum Gasteiger partial charge on any atom is -0.483 e. The second kappa shape index (κ2) is 181. The number of hydrogen-bond acceptors (Lipinski definition) is 4. The van der Waals surface area contributed by atoms with E-state index >= 15 is 0 Å². The summed E-state index contributed by atoms with van der Waals surface area (Å²) in [5.74, 6) is 0. The van der Waals surface area contributed by atoms with Crippen LogP contribution in [0.5, 0.6) is 0 Å². The summed E-state index contributed by atoms with van der Waals surface area (Å²) in [6, 6.07) is 1.75. The van der Waals surface area contributed by atoms with Crippen LogP contribution in [-0.4, -0.2) is 11.6 Å². The highest BCUT2D eigenvalue weighted by molar-refractivity contribution is 5.32. The fourth-order valence-electron chi connectivity index (χ4n) is 0. The minimum absolute atomic E-state index is 0. The Bertz CT molecular complexity index is 58.0. The van der Waals surface area contributed by atoms with E-state index in [9.17, 15) is 0 Å². The minimum atomic E-state index is -0.250. The van der Waals surface area contributed by atoms with Gasteiger partial charge in [-0.05, 0) is 0 Å². The molecular formula is C3H11N3O2. The highest BCUT2D eigenvalue weighted by atomic mass is 16.3. The largest absolute Gasteiger partial charge is 0.483 e. The molecule has 0 aliphatic carbocycles. The van der Waals surface area contributed by atoms with E-state index in [1.165, 1.54) is 6.92 Å². The third-order valence-electron chi connectivity index (χ3n) is 0. The van der Waals surface area contributed by atoms with Crippen molar-refractivity contribution in [3.05, 3.63) is 0 Å². The number of rotatable bonds is 0. The molecule has 0 aliphatic heterocycles. The Morgan fingerprint density at radius 3 is 1.62 bits per heavy atom. The van der Waals surface area contributed by atoms with Gasteiger partial charge in [-0.25, -0.2) is 0 Å². The van der Waals surface area contributed by atoms with Gasteiger partial charge >= 0.3 is 0 Å². The Morgan fingerprint density at radius 1 is 1.62 bits per heavy atom. The highest BCUT2D eigenvalue weighted by Crippen LogP contribution is 1.21. The average Bonchev–Trinajstić information content (AvgIpc) is 1.39. The maximum Gasteiger partial charge on any atom is 0.290 e. The number of nitrogens with zero attached hydrogens (tertiary/aromatic N) is 1. The molecule has 0 bridgehead atoms. The van der Waals surface area contributed by atoms with Crippen LogP contribution in [0.3, 0.4) is 0 Å². The zero-order chi connectivity index (χ0) is 5.41. The topological polar surface area (TPSA) is 131 Å². The Hall–Kier alpha value is -1.12. The zero-order valence-corrected chi connectivity index (χ0v) is 4.79. The van der Waals surface area contributed by atoms with Crippen LogP contribution in [0.1, 0.15) is 6.92 Å². The maximum atomic E-state index is 8.36. The number of carboxylic acid groups (broad SMARTS) is 1. The van der Waals surface area contributed by atoms with Gasteiger partial charge in [-0.2, -0.15) is 5.26 Å². The molecule has 0 aromatic carbocycles. The van der Waals surface area contributed by atoms with Crippen molar-refractivity contribution in [2.45, 2.75) is 6.92 Å². The molecule has 0 saturated carbocycles. The van der Waals surface area contributed by atoms with Crippen molar-refractivity contribution in [1.82, 2.24) is 12.3 Å². The van der Waals surface area contributed by atoms with Crippen LogP contribution in [0.2, 0.25) is 0 Å². The summed E-state index contributed by atoms with van der Waals surface area (Å²) < 4.78 is 0. The van der Waals surface area contributed by atoms with Gasteiger partial charge in [0.25, 0.3) is 6.47 Å². The summed E-state index contributed by atoms with van der Waals surface area (Å²) in [5, 5.41) is 14.2. The van der Waals surface area contributed by atoms with Crippen LogP contribution in [0.25, 0.3) is 0 Å². The molecule has 0 fully saturated rings. The molecule has 0 aromatic heterocycles. The fraction of sp³-hybridized carbons (Fsp3) is 0.333. The molecule has 50 valence electrons. The molecule has 0 saturated heterocycles. The van der Waals surface area contributed by atoms with Crippen molar-refractivity contribution in [2.24, 2.45) is 0 Å². The molecule has 0 atom stereocenters. The van der Waals surface area contributed by atoms with Gasteiger partial charge in [0.2, 0.25) is 0 Å². The number of nitriles is 1. The predicted molar refractivity (Wildman–Crippen MR) is 30.0 cm³/mol. The molecule has 0 aliphatic rings. The van der Waals surface area contributed by atoms with E-state index < -0.39 is 0 Å². The maximum absolute atomic E-state index is 8.36. The lowest BCUT2D eigenvalue weighted by molar-refractivity contribution is -0.122. The molecule has 0 spiro atoms. The van der Waals surface area contributed by atoms with Gasteiger partial charge in [0, 0.05) is 6.92 Å².